The summed E-state index contributed by atoms with van der Waals surface area (Å²) in [5, 5.41) is 2.99. The topological polar surface area (TPSA) is 38.3 Å². The standard InChI is InChI=1S/C13H17BrFNO2/c1-4-9(13(17)18-3)12(16-2)10-7-8(14)5-6-11(10)15/h5-7,9,12,16H,4H2,1-3H3. The maximum atomic E-state index is 13.9. The zero-order valence-electron chi connectivity index (χ0n) is 10.7. The maximum absolute atomic E-state index is 13.9. The summed E-state index contributed by atoms with van der Waals surface area (Å²) in [5.41, 5.74) is 0.462. The third-order valence-corrected chi connectivity index (χ3v) is 3.44. The molecule has 0 bridgehead atoms. The lowest BCUT2D eigenvalue weighted by Crippen LogP contribution is -2.32. The highest BCUT2D eigenvalue weighted by Gasteiger charge is 2.29. The van der Waals surface area contributed by atoms with Gasteiger partial charge >= 0.3 is 5.97 Å². The van der Waals surface area contributed by atoms with Crippen molar-refractivity contribution in [3.63, 3.8) is 0 Å². The Morgan fingerprint density at radius 2 is 2.22 bits per heavy atom. The van der Waals surface area contributed by atoms with Crippen molar-refractivity contribution in [1.82, 2.24) is 5.32 Å². The van der Waals surface area contributed by atoms with E-state index in [1.165, 1.54) is 13.2 Å². The second kappa shape index (κ2) is 6.85. The van der Waals surface area contributed by atoms with Gasteiger partial charge in [-0.05, 0) is 31.7 Å². The molecule has 100 valence electrons. The Kier molecular flexibility index (Phi) is 5.75. The molecule has 0 radical (unpaired) electrons. The summed E-state index contributed by atoms with van der Waals surface area (Å²) >= 11 is 3.31. The van der Waals surface area contributed by atoms with E-state index < -0.39 is 12.0 Å². The Hall–Kier alpha value is -0.940. The molecule has 1 aromatic carbocycles. The molecule has 0 saturated heterocycles. The van der Waals surface area contributed by atoms with Gasteiger partial charge in [-0.2, -0.15) is 0 Å². The number of rotatable bonds is 5. The molecule has 0 aliphatic heterocycles. The zero-order valence-corrected chi connectivity index (χ0v) is 12.3. The van der Waals surface area contributed by atoms with E-state index in [0.717, 1.165) is 4.47 Å². The van der Waals surface area contributed by atoms with Crippen molar-refractivity contribution in [1.29, 1.82) is 0 Å². The molecule has 5 heteroatoms. The monoisotopic (exact) mass is 317 g/mol. The van der Waals surface area contributed by atoms with Crippen molar-refractivity contribution in [3.05, 3.63) is 34.1 Å². The predicted octanol–water partition coefficient (Wildman–Crippen LogP) is 3.05. The highest BCUT2D eigenvalue weighted by Crippen LogP contribution is 2.29. The van der Waals surface area contributed by atoms with Crippen molar-refractivity contribution >= 4 is 21.9 Å². The summed E-state index contributed by atoms with van der Waals surface area (Å²) in [4.78, 5) is 11.7. The number of carbonyl (C=O) groups is 1. The second-order valence-electron chi connectivity index (χ2n) is 3.97. The van der Waals surface area contributed by atoms with Crippen molar-refractivity contribution in [2.24, 2.45) is 5.92 Å². The Balaban J connectivity index is 3.15. The van der Waals surface area contributed by atoms with Crippen LogP contribution in [-0.2, 0) is 9.53 Å². The smallest absolute Gasteiger partial charge is 0.310 e. The first-order chi connectivity index (χ1) is 8.54. The van der Waals surface area contributed by atoms with E-state index in [4.69, 9.17) is 4.74 Å². The highest BCUT2D eigenvalue weighted by atomic mass is 79.9. The van der Waals surface area contributed by atoms with E-state index >= 15 is 0 Å². The highest BCUT2D eigenvalue weighted by molar-refractivity contribution is 9.10. The van der Waals surface area contributed by atoms with Crippen LogP contribution in [-0.4, -0.2) is 20.1 Å². The normalized spacial score (nSPS) is 14.1. The van der Waals surface area contributed by atoms with Gasteiger partial charge in [0.05, 0.1) is 13.0 Å². The third kappa shape index (κ3) is 3.29. The Bertz CT molecular complexity index is 425. The quantitative estimate of drug-likeness (QED) is 0.848. The zero-order chi connectivity index (χ0) is 13.7. The van der Waals surface area contributed by atoms with Crippen LogP contribution in [0.5, 0.6) is 0 Å². The molecule has 2 atom stereocenters. The van der Waals surface area contributed by atoms with E-state index in [1.807, 2.05) is 6.92 Å². The fraction of sp³-hybridized carbons (Fsp3) is 0.462. The van der Waals surface area contributed by atoms with E-state index in [9.17, 15) is 9.18 Å². The summed E-state index contributed by atoms with van der Waals surface area (Å²) in [6, 6.07) is 4.29. The number of hydrogen-bond donors (Lipinski definition) is 1. The molecule has 3 nitrogen and oxygen atoms in total. The SMILES string of the molecule is CCC(C(=O)OC)C(NC)c1cc(Br)ccc1F. The lowest BCUT2D eigenvalue weighted by atomic mass is 9.90. The molecule has 0 saturated carbocycles. The van der Waals surface area contributed by atoms with E-state index in [0.29, 0.717) is 12.0 Å². The number of ether oxygens (including phenoxy) is 1. The molecule has 1 aromatic rings. The number of carbonyl (C=O) groups excluding carboxylic acids is 1. The molecule has 0 aliphatic carbocycles. The van der Waals surface area contributed by atoms with Crippen LogP contribution >= 0.6 is 15.9 Å². The average Bonchev–Trinajstić information content (AvgIpc) is 2.38. The van der Waals surface area contributed by atoms with Gasteiger partial charge in [0.15, 0.2) is 0 Å². The Morgan fingerprint density at radius 3 is 2.72 bits per heavy atom. The largest absolute Gasteiger partial charge is 0.469 e. The first-order valence-corrected chi connectivity index (χ1v) is 6.54. The fourth-order valence-corrected chi connectivity index (χ4v) is 2.39. The van der Waals surface area contributed by atoms with Gasteiger partial charge in [-0.1, -0.05) is 22.9 Å². The lowest BCUT2D eigenvalue weighted by Gasteiger charge is -2.24. The van der Waals surface area contributed by atoms with Gasteiger partial charge in [0.2, 0.25) is 0 Å². The minimum absolute atomic E-state index is 0.333. The van der Waals surface area contributed by atoms with Crippen LogP contribution < -0.4 is 5.32 Å². The molecule has 18 heavy (non-hydrogen) atoms. The number of benzene rings is 1. The van der Waals surface area contributed by atoms with E-state index in [2.05, 4.69) is 21.2 Å². The molecule has 0 aromatic heterocycles. The summed E-state index contributed by atoms with van der Waals surface area (Å²) in [7, 11) is 3.05. The number of esters is 1. The number of methoxy groups -OCH3 is 1. The van der Waals surface area contributed by atoms with E-state index in [-0.39, 0.29) is 11.8 Å². The molecule has 1 rings (SSSR count). The summed E-state index contributed by atoms with van der Waals surface area (Å²) in [5.74, 6) is -1.08. The van der Waals surface area contributed by atoms with Gasteiger partial charge in [-0.3, -0.25) is 4.79 Å². The van der Waals surface area contributed by atoms with Crippen molar-refractivity contribution in [3.8, 4) is 0 Å². The summed E-state index contributed by atoms with van der Waals surface area (Å²) in [6.45, 7) is 1.88. The number of hydrogen-bond acceptors (Lipinski definition) is 3. The third-order valence-electron chi connectivity index (χ3n) is 2.95. The van der Waals surface area contributed by atoms with E-state index in [1.54, 1.807) is 19.2 Å². The Morgan fingerprint density at radius 1 is 1.56 bits per heavy atom. The van der Waals surface area contributed by atoms with Gasteiger partial charge in [0.1, 0.15) is 5.82 Å². The van der Waals surface area contributed by atoms with Crippen molar-refractivity contribution in [2.75, 3.05) is 14.2 Å². The summed E-state index contributed by atoms with van der Waals surface area (Å²) in [6.07, 6.45) is 0.574. The lowest BCUT2D eigenvalue weighted by molar-refractivity contribution is -0.146. The van der Waals surface area contributed by atoms with Crippen LogP contribution in [0.2, 0.25) is 0 Å². The average molecular weight is 318 g/mol. The first-order valence-electron chi connectivity index (χ1n) is 5.75. The molecule has 2 unspecified atom stereocenters. The second-order valence-corrected chi connectivity index (χ2v) is 4.89. The molecule has 0 amide bonds. The van der Waals surface area contributed by atoms with Gasteiger partial charge in [-0.25, -0.2) is 4.39 Å². The Labute approximate surface area is 115 Å². The fourth-order valence-electron chi connectivity index (χ4n) is 2.02. The molecule has 1 N–H and O–H groups in total. The van der Waals surface area contributed by atoms with Crippen LogP contribution in [0.15, 0.2) is 22.7 Å². The molecule has 0 spiro atoms. The van der Waals surface area contributed by atoms with Gasteiger partial charge < -0.3 is 10.1 Å². The van der Waals surface area contributed by atoms with Gasteiger partial charge in [0, 0.05) is 16.1 Å². The predicted molar refractivity (Wildman–Crippen MR) is 71.7 cm³/mol. The molecular formula is C13H17BrFNO2. The summed E-state index contributed by atoms with van der Waals surface area (Å²) < 4.78 is 19.4. The van der Waals surface area contributed by atoms with Crippen LogP contribution in [0.25, 0.3) is 0 Å². The first kappa shape index (κ1) is 15.1. The van der Waals surface area contributed by atoms with Crippen molar-refractivity contribution in [2.45, 2.75) is 19.4 Å². The molecular weight excluding hydrogens is 301 g/mol. The number of halogens is 2. The van der Waals surface area contributed by atoms with Gasteiger partial charge in [-0.15, -0.1) is 0 Å². The van der Waals surface area contributed by atoms with Crippen LogP contribution in [0, 0.1) is 11.7 Å². The molecule has 0 fully saturated rings. The minimum Gasteiger partial charge on any atom is -0.469 e. The van der Waals surface area contributed by atoms with Crippen LogP contribution in [0.4, 0.5) is 4.39 Å². The van der Waals surface area contributed by atoms with Crippen LogP contribution in [0.3, 0.4) is 0 Å². The van der Waals surface area contributed by atoms with Crippen molar-refractivity contribution < 1.29 is 13.9 Å². The maximum Gasteiger partial charge on any atom is 0.310 e. The minimum atomic E-state index is -0.413. The number of nitrogens with one attached hydrogen (secondary N) is 1. The molecule has 0 aliphatic rings. The molecule has 0 heterocycles. The van der Waals surface area contributed by atoms with Crippen LogP contribution in [0.1, 0.15) is 24.9 Å². The van der Waals surface area contributed by atoms with Gasteiger partial charge in [0.25, 0.3) is 0 Å².